The lowest BCUT2D eigenvalue weighted by molar-refractivity contribution is 0.581. The fraction of sp³-hybridized carbons (Fsp3) is 0.500. The average Bonchev–Trinajstić information content (AvgIpc) is 2.29. The van der Waals surface area contributed by atoms with Gasteiger partial charge in [0.05, 0.1) is 4.90 Å². The largest absolute Gasteiger partial charge is 0.310 e. The van der Waals surface area contributed by atoms with Gasteiger partial charge in [0.1, 0.15) is 0 Å². The van der Waals surface area contributed by atoms with Crippen molar-refractivity contribution in [2.75, 3.05) is 7.05 Å². The van der Waals surface area contributed by atoms with E-state index < -0.39 is 10.0 Å². The second-order valence-electron chi connectivity index (χ2n) is 4.43. The molecule has 0 spiro atoms. The van der Waals surface area contributed by atoms with Gasteiger partial charge in [-0.25, -0.2) is 13.1 Å². The smallest absolute Gasteiger partial charge is 0.240 e. The van der Waals surface area contributed by atoms with Gasteiger partial charge in [-0.05, 0) is 37.2 Å². The van der Waals surface area contributed by atoms with Crippen molar-refractivity contribution in [3.05, 3.63) is 28.3 Å². The van der Waals surface area contributed by atoms with E-state index in [0.717, 1.165) is 11.1 Å². The van der Waals surface area contributed by atoms with Gasteiger partial charge in [-0.2, -0.15) is 0 Å². The molecule has 0 aliphatic carbocycles. The molecule has 4 nitrogen and oxygen atoms in total. The number of hydrogen-bond donors (Lipinski definition) is 2. The molecule has 2 N–H and O–H groups in total. The molecule has 0 aliphatic rings. The zero-order valence-electron chi connectivity index (χ0n) is 11.0. The Labute approximate surface area is 114 Å². The maximum Gasteiger partial charge on any atom is 0.240 e. The highest BCUT2D eigenvalue weighted by atomic mass is 35.5. The van der Waals surface area contributed by atoms with E-state index in [1.807, 2.05) is 13.8 Å². The van der Waals surface area contributed by atoms with Crippen LogP contribution in [0.4, 0.5) is 0 Å². The summed E-state index contributed by atoms with van der Waals surface area (Å²) in [7, 11) is -2.08. The number of benzene rings is 1. The lowest BCUT2D eigenvalue weighted by Crippen LogP contribution is -2.24. The number of hydrogen-bond acceptors (Lipinski definition) is 3. The zero-order valence-corrected chi connectivity index (χ0v) is 12.6. The standard InChI is InChI=1S/C12H19ClN2O2S/c1-8(2)15-7-10-5-11(13)6-12(9(10)3)18(16,17)14-4/h5-6,8,14-15H,7H2,1-4H3. The van der Waals surface area contributed by atoms with E-state index in [4.69, 9.17) is 11.6 Å². The summed E-state index contributed by atoms with van der Waals surface area (Å²) in [5, 5.41) is 3.68. The van der Waals surface area contributed by atoms with E-state index >= 15 is 0 Å². The first kappa shape index (κ1) is 15.4. The van der Waals surface area contributed by atoms with Crippen LogP contribution in [0.3, 0.4) is 0 Å². The number of sulfonamides is 1. The second kappa shape index (κ2) is 6.02. The highest BCUT2D eigenvalue weighted by Crippen LogP contribution is 2.24. The number of rotatable bonds is 5. The Morgan fingerprint density at radius 3 is 2.44 bits per heavy atom. The first-order chi connectivity index (χ1) is 8.27. The van der Waals surface area contributed by atoms with Crippen LogP contribution in [0.25, 0.3) is 0 Å². The molecule has 6 heteroatoms. The van der Waals surface area contributed by atoms with Crippen molar-refractivity contribution in [3.63, 3.8) is 0 Å². The van der Waals surface area contributed by atoms with E-state index in [1.54, 1.807) is 13.0 Å². The minimum Gasteiger partial charge on any atom is -0.310 e. The Bertz CT molecular complexity index is 527. The van der Waals surface area contributed by atoms with Gasteiger partial charge in [0, 0.05) is 17.6 Å². The summed E-state index contributed by atoms with van der Waals surface area (Å²) in [6.45, 7) is 6.45. The summed E-state index contributed by atoms with van der Waals surface area (Å²) in [6, 6.07) is 3.59. The molecular formula is C12H19ClN2O2S. The first-order valence-electron chi connectivity index (χ1n) is 5.74. The van der Waals surface area contributed by atoms with Crippen molar-refractivity contribution in [1.29, 1.82) is 0 Å². The normalized spacial score (nSPS) is 12.1. The zero-order chi connectivity index (χ0) is 13.9. The molecule has 0 aliphatic heterocycles. The molecule has 18 heavy (non-hydrogen) atoms. The lowest BCUT2D eigenvalue weighted by atomic mass is 10.1. The maximum absolute atomic E-state index is 11.9. The fourth-order valence-electron chi connectivity index (χ4n) is 1.59. The maximum atomic E-state index is 11.9. The monoisotopic (exact) mass is 290 g/mol. The van der Waals surface area contributed by atoms with Gasteiger partial charge in [-0.3, -0.25) is 0 Å². The van der Waals surface area contributed by atoms with Crippen LogP contribution in [-0.4, -0.2) is 21.5 Å². The Kier molecular flexibility index (Phi) is 5.16. The lowest BCUT2D eigenvalue weighted by Gasteiger charge is -2.14. The van der Waals surface area contributed by atoms with Crippen LogP contribution < -0.4 is 10.0 Å². The van der Waals surface area contributed by atoms with Gasteiger partial charge in [0.2, 0.25) is 10.0 Å². The molecule has 0 saturated heterocycles. The Morgan fingerprint density at radius 2 is 1.94 bits per heavy atom. The number of nitrogens with one attached hydrogen (secondary N) is 2. The highest BCUT2D eigenvalue weighted by Gasteiger charge is 2.17. The summed E-state index contributed by atoms with van der Waals surface area (Å²) in [4.78, 5) is 0.234. The van der Waals surface area contributed by atoms with Crippen LogP contribution in [-0.2, 0) is 16.6 Å². The van der Waals surface area contributed by atoms with Crippen LogP contribution in [0.2, 0.25) is 5.02 Å². The predicted octanol–water partition coefficient (Wildman–Crippen LogP) is 2.05. The summed E-state index contributed by atoms with van der Waals surface area (Å²) >= 11 is 5.98. The third-order valence-electron chi connectivity index (χ3n) is 2.69. The summed E-state index contributed by atoms with van der Waals surface area (Å²) in [5.41, 5.74) is 1.62. The molecule has 0 fully saturated rings. The molecule has 1 rings (SSSR count). The van der Waals surface area contributed by atoms with Crippen molar-refractivity contribution in [1.82, 2.24) is 10.0 Å². The van der Waals surface area contributed by atoms with E-state index in [2.05, 4.69) is 10.0 Å². The molecule has 0 amide bonds. The summed E-state index contributed by atoms with van der Waals surface area (Å²) in [5.74, 6) is 0. The minimum absolute atomic E-state index is 0.234. The third kappa shape index (κ3) is 3.68. The van der Waals surface area contributed by atoms with Crippen molar-refractivity contribution in [2.45, 2.75) is 38.3 Å². The molecule has 0 unspecified atom stereocenters. The number of halogens is 1. The van der Waals surface area contributed by atoms with Gasteiger partial charge in [-0.15, -0.1) is 0 Å². The van der Waals surface area contributed by atoms with Gasteiger partial charge in [0.15, 0.2) is 0 Å². The van der Waals surface area contributed by atoms with Crippen molar-refractivity contribution in [3.8, 4) is 0 Å². The SMILES string of the molecule is CNS(=O)(=O)c1cc(Cl)cc(CNC(C)C)c1C. The molecule has 1 aromatic rings. The molecule has 0 saturated carbocycles. The fourth-order valence-corrected chi connectivity index (χ4v) is 2.94. The van der Waals surface area contributed by atoms with Gasteiger partial charge < -0.3 is 5.32 Å². The predicted molar refractivity (Wildman–Crippen MR) is 74.4 cm³/mol. The van der Waals surface area contributed by atoms with Crippen LogP contribution in [0, 0.1) is 6.92 Å². The molecule has 0 atom stereocenters. The first-order valence-corrected chi connectivity index (χ1v) is 7.60. The molecule has 0 radical (unpaired) electrons. The third-order valence-corrected chi connectivity index (χ3v) is 4.45. The van der Waals surface area contributed by atoms with Gasteiger partial charge in [-0.1, -0.05) is 25.4 Å². The molecule has 102 valence electrons. The molecular weight excluding hydrogens is 272 g/mol. The Balaban J connectivity index is 3.23. The van der Waals surface area contributed by atoms with Gasteiger partial charge >= 0.3 is 0 Å². The Hall–Kier alpha value is -0.620. The second-order valence-corrected chi connectivity index (χ2v) is 6.72. The topological polar surface area (TPSA) is 58.2 Å². The Morgan fingerprint density at radius 1 is 1.33 bits per heavy atom. The van der Waals surface area contributed by atoms with Crippen molar-refractivity contribution in [2.24, 2.45) is 0 Å². The quantitative estimate of drug-likeness (QED) is 0.873. The summed E-state index contributed by atoms with van der Waals surface area (Å²) in [6.07, 6.45) is 0. The highest BCUT2D eigenvalue weighted by molar-refractivity contribution is 7.89. The average molecular weight is 291 g/mol. The van der Waals surface area contributed by atoms with Crippen LogP contribution in [0.5, 0.6) is 0 Å². The molecule has 0 heterocycles. The molecule has 0 aromatic heterocycles. The van der Waals surface area contributed by atoms with Crippen molar-refractivity contribution >= 4 is 21.6 Å². The van der Waals surface area contributed by atoms with E-state index in [9.17, 15) is 8.42 Å². The van der Waals surface area contributed by atoms with Crippen LogP contribution in [0.1, 0.15) is 25.0 Å². The summed E-state index contributed by atoms with van der Waals surface area (Å²) < 4.78 is 26.1. The van der Waals surface area contributed by atoms with Gasteiger partial charge in [0.25, 0.3) is 0 Å². The van der Waals surface area contributed by atoms with Crippen LogP contribution in [0.15, 0.2) is 17.0 Å². The molecule has 1 aromatic carbocycles. The van der Waals surface area contributed by atoms with Crippen LogP contribution >= 0.6 is 11.6 Å². The molecule has 0 bridgehead atoms. The van der Waals surface area contributed by atoms with E-state index in [1.165, 1.54) is 13.1 Å². The minimum atomic E-state index is -3.47. The van der Waals surface area contributed by atoms with Crippen molar-refractivity contribution < 1.29 is 8.42 Å². The van der Waals surface area contributed by atoms with E-state index in [0.29, 0.717) is 17.6 Å². The van der Waals surface area contributed by atoms with E-state index in [-0.39, 0.29) is 4.90 Å².